The molecule has 0 saturated carbocycles. The summed E-state index contributed by atoms with van der Waals surface area (Å²) >= 11 is 0. The molecule has 1 saturated heterocycles. The van der Waals surface area contributed by atoms with Crippen molar-refractivity contribution in [2.45, 2.75) is 25.3 Å². The standard InChI is InChI=1S/C21H26N2O2/c1-23-13-7-11-18(21(23)16-8-3-2-4-9-16)15-22-20(25)14-17-10-5-6-12-19(17)24/h2-6,8-10,12,18,21,24H,7,11,13-15H2,1H3,(H,22,25)/t18-,21-/m0/s1. The Balaban J connectivity index is 1.62. The van der Waals surface area contributed by atoms with Crippen LogP contribution < -0.4 is 5.32 Å². The Morgan fingerprint density at radius 2 is 1.88 bits per heavy atom. The van der Waals surface area contributed by atoms with E-state index in [2.05, 4.69) is 41.5 Å². The minimum absolute atomic E-state index is 0.0402. The molecule has 0 unspecified atom stereocenters. The maximum absolute atomic E-state index is 12.3. The van der Waals surface area contributed by atoms with Crippen molar-refractivity contribution in [2.24, 2.45) is 5.92 Å². The van der Waals surface area contributed by atoms with E-state index in [1.54, 1.807) is 18.2 Å². The number of phenolic OH excluding ortho intramolecular Hbond substituents is 1. The number of carbonyl (C=O) groups is 1. The van der Waals surface area contributed by atoms with Gasteiger partial charge >= 0.3 is 0 Å². The summed E-state index contributed by atoms with van der Waals surface area (Å²) in [6, 6.07) is 17.9. The zero-order valence-corrected chi connectivity index (χ0v) is 14.7. The van der Waals surface area contributed by atoms with Crippen LogP contribution >= 0.6 is 0 Å². The number of hydrogen-bond donors (Lipinski definition) is 2. The molecular formula is C21H26N2O2. The quantitative estimate of drug-likeness (QED) is 0.881. The first-order valence-electron chi connectivity index (χ1n) is 8.94. The van der Waals surface area contributed by atoms with Gasteiger partial charge in [0.15, 0.2) is 0 Å². The molecule has 2 aromatic carbocycles. The molecule has 0 radical (unpaired) electrons. The van der Waals surface area contributed by atoms with Crippen LogP contribution in [-0.4, -0.2) is 36.1 Å². The van der Waals surface area contributed by atoms with Gasteiger partial charge in [-0.25, -0.2) is 0 Å². The summed E-state index contributed by atoms with van der Waals surface area (Å²) < 4.78 is 0. The summed E-state index contributed by atoms with van der Waals surface area (Å²) in [5, 5.41) is 12.9. The summed E-state index contributed by atoms with van der Waals surface area (Å²) in [5.41, 5.74) is 1.98. The predicted molar refractivity (Wildman–Crippen MR) is 99.4 cm³/mol. The van der Waals surface area contributed by atoms with E-state index >= 15 is 0 Å². The van der Waals surface area contributed by atoms with Crippen molar-refractivity contribution in [1.82, 2.24) is 10.2 Å². The molecule has 0 aromatic heterocycles. The molecule has 4 heteroatoms. The maximum Gasteiger partial charge on any atom is 0.224 e. The van der Waals surface area contributed by atoms with Crippen molar-refractivity contribution in [2.75, 3.05) is 20.1 Å². The van der Waals surface area contributed by atoms with E-state index in [4.69, 9.17) is 0 Å². The number of para-hydroxylation sites is 1. The van der Waals surface area contributed by atoms with E-state index in [0.29, 0.717) is 24.1 Å². The molecule has 1 fully saturated rings. The summed E-state index contributed by atoms with van der Waals surface area (Å²) in [4.78, 5) is 14.7. The van der Waals surface area contributed by atoms with Crippen molar-refractivity contribution in [3.05, 3.63) is 65.7 Å². The highest BCUT2D eigenvalue weighted by Gasteiger charge is 2.30. The SMILES string of the molecule is CN1CCC[C@@H](CNC(=O)Cc2ccccc2O)[C@@H]1c1ccccc1. The van der Waals surface area contributed by atoms with E-state index in [-0.39, 0.29) is 18.1 Å². The number of hydrogen-bond acceptors (Lipinski definition) is 3. The average Bonchev–Trinajstić information content (AvgIpc) is 2.63. The molecule has 2 aromatic rings. The van der Waals surface area contributed by atoms with Crippen LogP contribution in [0.4, 0.5) is 0 Å². The second kappa shape index (κ2) is 8.17. The van der Waals surface area contributed by atoms with Gasteiger partial charge in [-0.15, -0.1) is 0 Å². The lowest BCUT2D eigenvalue weighted by Crippen LogP contribution is -2.42. The highest BCUT2D eigenvalue weighted by molar-refractivity contribution is 5.79. The fourth-order valence-corrected chi connectivity index (χ4v) is 3.79. The monoisotopic (exact) mass is 338 g/mol. The molecule has 1 aliphatic heterocycles. The van der Waals surface area contributed by atoms with Crippen LogP contribution in [0.3, 0.4) is 0 Å². The summed E-state index contributed by atoms with van der Waals surface area (Å²) in [5.74, 6) is 0.535. The van der Waals surface area contributed by atoms with E-state index < -0.39 is 0 Å². The zero-order chi connectivity index (χ0) is 17.6. The number of aromatic hydroxyl groups is 1. The lowest BCUT2D eigenvalue weighted by atomic mass is 9.85. The Morgan fingerprint density at radius 3 is 2.64 bits per heavy atom. The van der Waals surface area contributed by atoms with Crippen molar-refractivity contribution >= 4 is 5.91 Å². The number of nitrogens with one attached hydrogen (secondary N) is 1. The number of likely N-dealkylation sites (tertiary alicyclic amines) is 1. The third-order valence-electron chi connectivity index (χ3n) is 5.05. The molecule has 25 heavy (non-hydrogen) atoms. The van der Waals surface area contributed by atoms with Crippen molar-refractivity contribution < 1.29 is 9.90 Å². The maximum atomic E-state index is 12.3. The molecule has 0 spiro atoms. The van der Waals surface area contributed by atoms with Gasteiger partial charge < -0.3 is 10.4 Å². The number of amides is 1. The lowest BCUT2D eigenvalue weighted by molar-refractivity contribution is -0.120. The van der Waals surface area contributed by atoms with Crippen molar-refractivity contribution in [3.8, 4) is 5.75 Å². The van der Waals surface area contributed by atoms with E-state index in [9.17, 15) is 9.90 Å². The minimum Gasteiger partial charge on any atom is -0.508 e. The van der Waals surface area contributed by atoms with E-state index in [1.807, 2.05) is 12.1 Å². The van der Waals surface area contributed by atoms with Crippen LogP contribution in [0.5, 0.6) is 5.75 Å². The zero-order valence-electron chi connectivity index (χ0n) is 14.7. The summed E-state index contributed by atoms with van der Waals surface area (Å²) in [7, 11) is 2.16. The first-order chi connectivity index (χ1) is 12.1. The fraction of sp³-hybridized carbons (Fsp3) is 0.381. The number of rotatable bonds is 5. The Hall–Kier alpha value is -2.33. The number of piperidine rings is 1. The summed E-state index contributed by atoms with van der Waals surface area (Å²) in [6.45, 7) is 1.75. The van der Waals surface area contributed by atoms with Crippen LogP contribution in [0, 0.1) is 5.92 Å². The third-order valence-corrected chi connectivity index (χ3v) is 5.05. The van der Waals surface area contributed by atoms with Gasteiger partial charge in [-0.05, 0) is 44.0 Å². The molecule has 2 N–H and O–H groups in total. The van der Waals surface area contributed by atoms with Crippen LogP contribution in [0.15, 0.2) is 54.6 Å². The van der Waals surface area contributed by atoms with Crippen LogP contribution in [0.25, 0.3) is 0 Å². The van der Waals surface area contributed by atoms with Crippen LogP contribution in [0.2, 0.25) is 0 Å². The molecule has 0 aliphatic carbocycles. The van der Waals surface area contributed by atoms with Crippen molar-refractivity contribution in [1.29, 1.82) is 0 Å². The number of phenols is 1. The van der Waals surface area contributed by atoms with Gasteiger partial charge in [0, 0.05) is 18.2 Å². The lowest BCUT2D eigenvalue weighted by Gasteiger charge is -2.39. The normalized spacial score (nSPS) is 21.0. The number of carbonyl (C=O) groups excluding carboxylic acids is 1. The first kappa shape index (κ1) is 17.5. The van der Waals surface area contributed by atoms with Gasteiger partial charge in [0.05, 0.1) is 6.42 Å². The van der Waals surface area contributed by atoms with Crippen LogP contribution in [0.1, 0.15) is 30.0 Å². The number of nitrogens with zero attached hydrogens (tertiary/aromatic N) is 1. The van der Waals surface area contributed by atoms with Gasteiger partial charge in [-0.2, -0.15) is 0 Å². The van der Waals surface area contributed by atoms with Crippen molar-refractivity contribution in [3.63, 3.8) is 0 Å². The van der Waals surface area contributed by atoms with Gasteiger partial charge in [0.1, 0.15) is 5.75 Å². The molecule has 1 amide bonds. The number of benzene rings is 2. The van der Waals surface area contributed by atoms with Gasteiger partial charge in [0.2, 0.25) is 5.91 Å². The molecule has 3 rings (SSSR count). The average molecular weight is 338 g/mol. The minimum atomic E-state index is -0.0402. The Morgan fingerprint density at radius 1 is 1.16 bits per heavy atom. The predicted octanol–water partition coefficient (Wildman–Crippen LogP) is 3.13. The first-order valence-corrected chi connectivity index (χ1v) is 8.94. The molecule has 0 bridgehead atoms. The second-order valence-electron chi connectivity index (χ2n) is 6.85. The topological polar surface area (TPSA) is 52.6 Å². The molecule has 4 nitrogen and oxygen atoms in total. The smallest absolute Gasteiger partial charge is 0.224 e. The van der Waals surface area contributed by atoms with Gasteiger partial charge in [-0.3, -0.25) is 9.69 Å². The molecule has 132 valence electrons. The summed E-state index contributed by atoms with van der Waals surface area (Å²) in [6.07, 6.45) is 2.48. The Kier molecular flexibility index (Phi) is 5.71. The molecule has 1 aliphatic rings. The van der Waals surface area contributed by atoms with Crippen LogP contribution in [-0.2, 0) is 11.2 Å². The molecule has 1 heterocycles. The third kappa shape index (κ3) is 4.40. The van der Waals surface area contributed by atoms with E-state index in [1.165, 1.54) is 5.56 Å². The Labute approximate surface area is 149 Å². The van der Waals surface area contributed by atoms with E-state index in [0.717, 1.165) is 19.4 Å². The Bertz CT molecular complexity index is 702. The van der Waals surface area contributed by atoms with Gasteiger partial charge in [0.25, 0.3) is 0 Å². The fourth-order valence-electron chi connectivity index (χ4n) is 3.79. The highest BCUT2D eigenvalue weighted by Crippen LogP contribution is 2.34. The molecule has 2 atom stereocenters. The molecular weight excluding hydrogens is 312 g/mol. The van der Waals surface area contributed by atoms with Gasteiger partial charge in [-0.1, -0.05) is 48.5 Å². The second-order valence-corrected chi connectivity index (χ2v) is 6.85. The largest absolute Gasteiger partial charge is 0.508 e. The highest BCUT2D eigenvalue weighted by atomic mass is 16.3.